The minimum Gasteiger partial charge on any atom is -0.497 e. The Kier molecular flexibility index (Phi) is 11.0. The highest BCUT2D eigenvalue weighted by molar-refractivity contribution is 7.91. The van der Waals surface area contributed by atoms with Crippen molar-refractivity contribution < 1.29 is 37.1 Å². The van der Waals surface area contributed by atoms with Crippen molar-refractivity contribution in [3.05, 3.63) is 67.3 Å². The first-order valence-electron chi connectivity index (χ1n) is 19.7. The van der Waals surface area contributed by atoms with Gasteiger partial charge in [-0.3, -0.25) is 19.1 Å². The Balaban J connectivity index is 1.21. The quantitative estimate of drug-likeness (QED) is 0.222. The number of pyridine rings is 1. The molecule has 3 N–H and O–H groups in total. The Morgan fingerprint density at radius 2 is 1.74 bits per heavy atom. The maximum absolute atomic E-state index is 14.8. The molecule has 15 heteroatoms. The average molecular weight is 801 g/mol. The molecule has 5 amide bonds. The van der Waals surface area contributed by atoms with Crippen LogP contribution in [0.1, 0.15) is 65.7 Å². The van der Waals surface area contributed by atoms with Gasteiger partial charge in [-0.25, -0.2) is 18.2 Å². The Morgan fingerprint density at radius 1 is 1.02 bits per heavy atom. The minimum atomic E-state index is -3.91. The third-order valence-electron chi connectivity index (χ3n) is 11.5. The molecule has 14 nitrogen and oxygen atoms in total. The second-order valence-electron chi connectivity index (χ2n) is 16.7. The Hall–Kier alpha value is -5.18. The number of sulfonamides is 1. The van der Waals surface area contributed by atoms with Crippen molar-refractivity contribution in [2.75, 3.05) is 26.7 Å². The van der Waals surface area contributed by atoms with Gasteiger partial charge in [-0.15, -0.1) is 6.58 Å². The molecule has 2 aliphatic carbocycles. The molecule has 304 valence electrons. The maximum atomic E-state index is 14.8. The zero-order valence-electron chi connectivity index (χ0n) is 33.0. The zero-order chi connectivity index (χ0) is 40.7. The van der Waals surface area contributed by atoms with Crippen LogP contribution >= 0.6 is 0 Å². The molecule has 0 bridgehead atoms. The van der Waals surface area contributed by atoms with E-state index in [1.165, 1.54) is 11.0 Å². The number of carbonyl (C=O) groups excluding carboxylic acids is 4. The SMILES string of the molecule is C=C[C@@H]1C[C@]1(NC(=O)[C@@H]1C[C@@H](Oc2cc(-c3ccccc3)nc3cc(OC)ccc23)CN1C(=O)[C@@H](NC(=O)N1CCCCC1)C(C)(C)C)C(=O)NS(=O)(=O)C1CC1. The second-order valence-corrected chi connectivity index (χ2v) is 18.7. The Morgan fingerprint density at radius 3 is 2.37 bits per heavy atom. The Bertz CT molecular complexity index is 2170. The van der Waals surface area contributed by atoms with Crippen molar-refractivity contribution in [3.63, 3.8) is 0 Å². The molecule has 5 atom stereocenters. The van der Waals surface area contributed by atoms with Gasteiger partial charge in [-0.1, -0.05) is 57.2 Å². The number of piperidine rings is 1. The van der Waals surface area contributed by atoms with Gasteiger partial charge in [0.2, 0.25) is 21.8 Å². The molecule has 0 spiro atoms. The number of hydrogen-bond donors (Lipinski definition) is 3. The van der Waals surface area contributed by atoms with Crippen LogP contribution in [0, 0.1) is 11.3 Å². The molecule has 2 aliphatic heterocycles. The fraction of sp³-hybridized carbons (Fsp3) is 0.500. The number of rotatable bonds is 12. The lowest BCUT2D eigenvalue weighted by Gasteiger charge is -2.37. The molecule has 7 rings (SSSR count). The molecule has 2 aromatic carbocycles. The third-order valence-corrected chi connectivity index (χ3v) is 13.3. The van der Waals surface area contributed by atoms with Crippen LogP contribution in [-0.4, -0.2) is 103 Å². The van der Waals surface area contributed by atoms with Gasteiger partial charge in [-0.2, -0.15) is 0 Å². The van der Waals surface area contributed by atoms with E-state index in [4.69, 9.17) is 14.5 Å². The van der Waals surface area contributed by atoms with Crippen molar-refractivity contribution in [1.29, 1.82) is 0 Å². The first kappa shape index (κ1) is 40.0. The molecule has 3 aromatic rings. The molecule has 4 aliphatic rings. The van der Waals surface area contributed by atoms with E-state index in [2.05, 4.69) is 21.9 Å². The van der Waals surface area contributed by atoms with Gasteiger partial charge in [-0.05, 0) is 56.1 Å². The Labute approximate surface area is 333 Å². The van der Waals surface area contributed by atoms with Gasteiger partial charge >= 0.3 is 6.03 Å². The number of likely N-dealkylation sites (tertiary alicyclic amines) is 2. The van der Waals surface area contributed by atoms with Gasteiger partial charge in [0, 0.05) is 48.5 Å². The number of carbonyl (C=O) groups is 4. The van der Waals surface area contributed by atoms with Crippen molar-refractivity contribution in [3.8, 4) is 22.8 Å². The topological polar surface area (TPSA) is 176 Å². The van der Waals surface area contributed by atoms with Crippen LogP contribution in [-0.2, 0) is 24.4 Å². The third kappa shape index (κ3) is 8.44. The number of urea groups is 1. The fourth-order valence-electron chi connectivity index (χ4n) is 7.86. The standard InChI is InChI=1S/C42H52N6O8S/c1-6-27-24-42(27,39(51)46-57(53,54)30-16-17-30)45-37(49)34-22-29(25-48(34)38(50)36(41(2,3)4)44-40(52)47-19-11-8-12-20-47)56-35-23-32(26-13-9-7-10-14-26)43-33-21-28(55-5)15-18-31(33)35/h6-7,9-10,13-15,18,21,23,27,29-30,34,36H,1,8,11-12,16-17,19-20,22,24-25H2,2-5H3,(H,44,52)(H,45,49)(H,46,51)/t27-,29-,34+,36-,42-/m1/s1. The number of fused-ring (bicyclic) bond motifs is 1. The molecule has 2 saturated heterocycles. The van der Waals surface area contributed by atoms with Crippen LogP contribution in [0.3, 0.4) is 0 Å². The number of methoxy groups -OCH3 is 1. The fourth-order valence-corrected chi connectivity index (χ4v) is 9.22. The summed E-state index contributed by atoms with van der Waals surface area (Å²) in [4.78, 5) is 64.5. The van der Waals surface area contributed by atoms with Crippen molar-refractivity contribution >= 4 is 44.7 Å². The molecule has 4 fully saturated rings. The summed E-state index contributed by atoms with van der Waals surface area (Å²) in [6, 6.07) is 14.4. The van der Waals surface area contributed by atoms with Gasteiger partial charge < -0.3 is 29.9 Å². The molecule has 3 heterocycles. The number of ether oxygens (including phenoxy) is 2. The molecular weight excluding hydrogens is 749 g/mol. The van der Waals surface area contributed by atoms with E-state index in [1.807, 2.05) is 69.3 Å². The van der Waals surface area contributed by atoms with Crippen LogP contribution in [0.2, 0.25) is 0 Å². The van der Waals surface area contributed by atoms with Crippen molar-refractivity contribution in [2.24, 2.45) is 11.3 Å². The number of nitrogens with zero attached hydrogens (tertiary/aromatic N) is 3. The highest BCUT2D eigenvalue weighted by atomic mass is 32.2. The highest BCUT2D eigenvalue weighted by Crippen LogP contribution is 2.46. The number of hydrogen-bond acceptors (Lipinski definition) is 9. The summed E-state index contributed by atoms with van der Waals surface area (Å²) in [6.07, 6.45) is 4.73. The van der Waals surface area contributed by atoms with Gasteiger partial charge in [0.1, 0.15) is 35.2 Å². The lowest BCUT2D eigenvalue weighted by atomic mass is 9.85. The monoisotopic (exact) mass is 800 g/mol. The van der Waals surface area contributed by atoms with Gasteiger partial charge in [0.05, 0.1) is 30.1 Å². The number of benzene rings is 2. The van der Waals surface area contributed by atoms with Crippen molar-refractivity contribution in [1.82, 2.24) is 30.1 Å². The molecule has 0 radical (unpaired) electrons. The molecule has 1 aromatic heterocycles. The normalized spacial score (nSPS) is 24.0. The predicted molar refractivity (Wildman–Crippen MR) is 215 cm³/mol. The smallest absolute Gasteiger partial charge is 0.318 e. The van der Waals surface area contributed by atoms with Gasteiger partial charge in [0.15, 0.2) is 0 Å². The highest BCUT2D eigenvalue weighted by Gasteiger charge is 2.62. The lowest BCUT2D eigenvalue weighted by molar-refractivity contribution is -0.142. The molecule has 2 saturated carbocycles. The van der Waals surface area contributed by atoms with Crippen LogP contribution in [0.4, 0.5) is 4.79 Å². The average Bonchev–Trinajstić information content (AvgIpc) is 4.13. The first-order valence-corrected chi connectivity index (χ1v) is 21.3. The summed E-state index contributed by atoms with van der Waals surface area (Å²) in [7, 11) is -2.33. The largest absolute Gasteiger partial charge is 0.497 e. The summed E-state index contributed by atoms with van der Waals surface area (Å²) in [5, 5.41) is 5.89. The van der Waals surface area contributed by atoms with E-state index in [9.17, 15) is 27.6 Å². The summed E-state index contributed by atoms with van der Waals surface area (Å²) >= 11 is 0. The summed E-state index contributed by atoms with van der Waals surface area (Å²) < 4.78 is 40.0. The second kappa shape index (κ2) is 15.6. The number of nitrogens with one attached hydrogen (secondary N) is 3. The van der Waals surface area contributed by atoms with E-state index in [0.29, 0.717) is 54.0 Å². The van der Waals surface area contributed by atoms with E-state index >= 15 is 0 Å². The van der Waals surface area contributed by atoms with E-state index in [0.717, 1.165) is 24.8 Å². The molecule has 57 heavy (non-hydrogen) atoms. The van der Waals surface area contributed by atoms with E-state index in [-0.39, 0.29) is 25.4 Å². The number of amides is 5. The van der Waals surface area contributed by atoms with E-state index < -0.39 is 68.1 Å². The van der Waals surface area contributed by atoms with Crippen LogP contribution in [0.15, 0.2) is 67.3 Å². The van der Waals surface area contributed by atoms with Gasteiger partial charge in [0.25, 0.3) is 5.91 Å². The van der Waals surface area contributed by atoms with Crippen LogP contribution in [0.5, 0.6) is 11.5 Å². The summed E-state index contributed by atoms with van der Waals surface area (Å²) in [5.74, 6) is -1.36. The van der Waals surface area contributed by atoms with E-state index in [1.54, 1.807) is 18.1 Å². The van der Waals surface area contributed by atoms with Crippen LogP contribution < -0.4 is 24.8 Å². The molecule has 0 unspecified atom stereocenters. The predicted octanol–water partition coefficient (Wildman–Crippen LogP) is 4.54. The summed E-state index contributed by atoms with van der Waals surface area (Å²) in [5.41, 5.74) is -0.171. The summed E-state index contributed by atoms with van der Waals surface area (Å²) in [6.45, 7) is 10.5. The maximum Gasteiger partial charge on any atom is 0.318 e. The molecular formula is C42H52N6O8S. The number of aromatic nitrogens is 1. The lowest BCUT2D eigenvalue weighted by Crippen LogP contribution is -2.61. The minimum absolute atomic E-state index is 0.0101. The van der Waals surface area contributed by atoms with Crippen molar-refractivity contribution in [2.45, 2.75) is 94.7 Å². The zero-order valence-corrected chi connectivity index (χ0v) is 33.8. The first-order chi connectivity index (χ1) is 27.1. The van der Waals surface area contributed by atoms with Crippen LogP contribution in [0.25, 0.3) is 22.2 Å².